The fraction of sp³-hybridized carbons (Fsp3) is 0.214. The number of nitrogens with two attached hydrogens (primary N) is 1. The van der Waals surface area contributed by atoms with E-state index in [1.54, 1.807) is 19.5 Å². The molecule has 0 aliphatic heterocycles. The molecule has 0 amide bonds. The summed E-state index contributed by atoms with van der Waals surface area (Å²) in [4.78, 5) is 4.06. The smallest absolute Gasteiger partial charge is 0.146 e. The van der Waals surface area contributed by atoms with Gasteiger partial charge in [0.1, 0.15) is 17.2 Å². The summed E-state index contributed by atoms with van der Waals surface area (Å²) >= 11 is 3.36. The van der Waals surface area contributed by atoms with Crippen molar-refractivity contribution in [2.45, 2.75) is 13.0 Å². The number of pyridine rings is 1. The minimum absolute atomic E-state index is 0.189. The van der Waals surface area contributed by atoms with Crippen LogP contribution in [0.25, 0.3) is 0 Å². The molecule has 19 heavy (non-hydrogen) atoms. The van der Waals surface area contributed by atoms with Gasteiger partial charge < -0.3 is 15.2 Å². The van der Waals surface area contributed by atoms with Crippen molar-refractivity contribution in [3.05, 3.63) is 46.7 Å². The fourth-order valence-corrected chi connectivity index (χ4v) is 2.16. The zero-order chi connectivity index (χ0) is 13.8. The van der Waals surface area contributed by atoms with Crippen LogP contribution in [0, 0.1) is 0 Å². The molecule has 1 atom stereocenters. The highest BCUT2D eigenvalue weighted by Crippen LogP contribution is 2.35. The second-order valence-electron chi connectivity index (χ2n) is 4.10. The molecule has 0 saturated carbocycles. The number of hydrogen-bond acceptors (Lipinski definition) is 4. The first-order valence-electron chi connectivity index (χ1n) is 5.82. The fourth-order valence-electron chi connectivity index (χ4n) is 1.81. The zero-order valence-corrected chi connectivity index (χ0v) is 12.3. The minimum Gasteiger partial charge on any atom is -0.496 e. The van der Waals surface area contributed by atoms with E-state index in [4.69, 9.17) is 15.2 Å². The van der Waals surface area contributed by atoms with Crippen LogP contribution in [-0.2, 0) is 0 Å². The molecule has 2 aromatic rings. The largest absolute Gasteiger partial charge is 0.496 e. The second kappa shape index (κ2) is 6.04. The summed E-state index contributed by atoms with van der Waals surface area (Å²) in [5.41, 5.74) is 6.83. The van der Waals surface area contributed by atoms with E-state index in [9.17, 15) is 0 Å². The average molecular weight is 323 g/mol. The van der Waals surface area contributed by atoms with E-state index in [0.717, 1.165) is 15.8 Å². The molecule has 5 heteroatoms. The third-order valence-corrected chi connectivity index (χ3v) is 3.04. The third-order valence-electron chi connectivity index (χ3n) is 2.61. The molecule has 0 aliphatic rings. The van der Waals surface area contributed by atoms with Crippen molar-refractivity contribution >= 4 is 15.9 Å². The van der Waals surface area contributed by atoms with E-state index in [-0.39, 0.29) is 6.04 Å². The Bertz CT molecular complexity index is 573. The average Bonchev–Trinajstić information content (AvgIpc) is 2.38. The van der Waals surface area contributed by atoms with Crippen LogP contribution < -0.4 is 15.2 Å². The summed E-state index contributed by atoms with van der Waals surface area (Å²) in [5.74, 6) is 2.04. The quantitative estimate of drug-likeness (QED) is 0.933. The highest BCUT2D eigenvalue weighted by molar-refractivity contribution is 9.10. The monoisotopic (exact) mass is 322 g/mol. The van der Waals surface area contributed by atoms with Crippen LogP contribution in [-0.4, -0.2) is 12.1 Å². The summed E-state index contributed by atoms with van der Waals surface area (Å²) in [6.07, 6.45) is 3.35. The highest BCUT2D eigenvalue weighted by atomic mass is 79.9. The highest BCUT2D eigenvalue weighted by Gasteiger charge is 2.15. The predicted octanol–water partition coefficient (Wildman–Crippen LogP) is 3.66. The van der Waals surface area contributed by atoms with Crippen LogP contribution in [0.2, 0.25) is 0 Å². The standard InChI is InChI=1S/C14H15BrN2O2/c1-9(16)14-12(18-2)4-3-5-13(14)19-11-6-10(15)7-17-8-11/h3-9H,16H2,1-2H3. The van der Waals surface area contributed by atoms with Gasteiger partial charge in [0.2, 0.25) is 0 Å². The lowest BCUT2D eigenvalue weighted by Crippen LogP contribution is -2.08. The molecule has 4 nitrogen and oxygen atoms in total. The molecule has 0 fully saturated rings. The first-order chi connectivity index (χ1) is 9.11. The van der Waals surface area contributed by atoms with Gasteiger partial charge in [0.25, 0.3) is 0 Å². The van der Waals surface area contributed by atoms with E-state index in [1.165, 1.54) is 0 Å². The van der Waals surface area contributed by atoms with Gasteiger partial charge in [-0.15, -0.1) is 0 Å². The number of aromatic nitrogens is 1. The van der Waals surface area contributed by atoms with Crippen molar-refractivity contribution in [1.82, 2.24) is 4.98 Å². The van der Waals surface area contributed by atoms with Gasteiger partial charge in [-0.25, -0.2) is 0 Å². The van der Waals surface area contributed by atoms with Gasteiger partial charge in [0.15, 0.2) is 0 Å². The molecule has 1 aromatic carbocycles. The molecule has 0 radical (unpaired) electrons. The van der Waals surface area contributed by atoms with E-state index < -0.39 is 0 Å². The van der Waals surface area contributed by atoms with Crippen molar-refractivity contribution in [1.29, 1.82) is 0 Å². The summed E-state index contributed by atoms with van der Waals surface area (Å²) in [6, 6.07) is 7.25. The summed E-state index contributed by atoms with van der Waals surface area (Å²) in [5, 5.41) is 0. The van der Waals surface area contributed by atoms with Gasteiger partial charge in [0, 0.05) is 16.7 Å². The summed E-state index contributed by atoms with van der Waals surface area (Å²) < 4.78 is 12.0. The van der Waals surface area contributed by atoms with E-state index in [0.29, 0.717) is 11.5 Å². The maximum absolute atomic E-state index is 5.99. The van der Waals surface area contributed by atoms with Crippen LogP contribution in [0.1, 0.15) is 18.5 Å². The number of ether oxygens (including phenoxy) is 2. The Hall–Kier alpha value is -1.59. The number of halogens is 1. The Balaban J connectivity index is 2.39. The first-order valence-corrected chi connectivity index (χ1v) is 6.62. The normalized spacial score (nSPS) is 12.0. The molecule has 1 aromatic heterocycles. The maximum Gasteiger partial charge on any atom is 0.146 e. The molecule has 1 unspecified atom stereocenters. The number of hydrogen-bond donors (Lipinski definition) is 1. The third kappa shape index (κ3) is 3.24. The molecule has 0 bridgehead atoms. The van der Waals surface area contributed by atoms with Gasteiger partial charge in [-0.05, 0) is 41.1 Å². The molecule has 0 aliphatic carbocycles. The molecular formula is C14H15BrN2O2. The Morgan fingerprint density at radius 3 is 2.63 bits per heavy atom. The lowest BCUT2D eigenvalue weighted by Gasteiger charge is -2.17. The van der Waals surface area contributed by atoms with Crippen molar-refractivity contribution in [2.75, 3.05) is 7.11 Å². The van der Waals surface area contributed by atoms with E-state index in [1.807, 2.05) is 31.2 Å². The number of benzene rings is 1. The van der Waals surface area contributed by atoms with Crippen LogP contribution in [0.4, 0.5) is 0 Å². The van der Waals surface area contributed by atoms with E-state index >= 15 is 0 Å². The molecule has 2 rings (SSSR count). The van der Waals surface area contributed by atoms with Crippen molar-refractivity contribution in [3.63, 3.8) is 0 Å². The van der Waals surface area contributed by atoms with Crippen molar-refractivity contribution in [2.24, 2.45) is 5.73 Å². The molecule has 2 N–H and O–H groups in total. The maximum atomic E-state index is 5.99. The Labute approximate surface area is 120 Å². The second-order valence-corrected chi connectivity index (χ2v) is 5.02. The number of rotatable bonds is 4. The molecule has 1 heterocycles. The van der Waals surface area contributed by atoms with Crippen LogP contribution in [0.15, 0.2) is 41.1 Å². The molecular weight excluding hydrogens is 308 g/mol. The first kappa shape index (κ1) is 13.8. The summed E-state index contributed by atoms with van der Waals surface area (Å²) in [6.45, 7) is 1.89. The predicted molar refractivity (Wildman–Crippen MR) is 77.6 cm³/mol. The van der Waals surface area contributed by atoms with Crippen LogP contribution in [0.5, 0.6) is 17.2 Å². The zero-order valence-electron chi connectivity index (χ0n) is 10.8. The lowest BCUT2D eigenvalue weighted by atomic mass is 10.1. The van der Waals surface area contributed by atoms with Gasteiger partial charge in [0.05, 0.1) is 18.9 Å². The van der Waals surface area contributed by atoms with Crippen molar-refractivity contribution in [3.8, 4) is 17.2 Å². The van der Waals surface area contributed by atoms with Crippen molar-refractivity contribution < 1.29 is 9.47 Å². The summed E-state index contributed by atoms with van der Waals surface area (Å²) in [7, 11) is 1.62. The minimum atomic E-state index is -0.189. The van der Waals surface area contributed by atoms with Gasteiger partial charge in [-0.3, -0.25) is 4.98 Å². The van der Waals surface area contributed by atoms with Gasteiger partial charge >= 0.3 is 0 Å². The van der Waals surface area contributed by atoms with Crippen LogP contribution >= 0.6 is 15.9 Å². The topological polar surface area (TPSA) is 57.4 Å². The molecule has 0 saturated heterocycles. The molecule has 100 valence electrons. The van der Waals surface area contributed by atoms with Gasteiger partial charge in [-0.2, -0.15) is 0 Å². The van der Waals surface area contributed by atoms with E-state index in [2.05, 4.69) is 20.9 Å². The lowest BCUT2D eigenvalue weighted by molar-refractivity contribution is 0.397. The Morgan fingerprint density at radius 1 is 1.26 bits per heavy atom. The molecule has 0 spiro atoms. The van der Waals surface area contributed by atoms with Crippen LogP contribution in [0.3, 0.4) is 0 Å². The Kier molecular flexibility index (Phi) is 4.39. The number of nitrogens with zero attached hydrogens (tertiary/aromatic N) is 1. The number of methoxy groups -OCH3 is 1. The Morgan fingerprint density at radius 2 is 2.00 bits per heavy atom. The van der Waals surface area contributed by atoms with Gasteiger partial charge in [-0.1, -0.05) is 6.07 Å². The SMILES string of the molecule is COc1cccc(Oc2cncc(Br)c2)c1C(C)N.